The first-order valence-electron chi connectivity index (χ1n) is 8.99. The van der Waals surface area contributed by atoms with Gasteiger partial charge in [-0.3, -0.25) is 0 Å². The number of anilines is 1. The van der Waals surface area contributed by atoms with Gasteiger partial charge in [-0.1, -0.05) is 56.3 Å². The number of hydrogen-bond donors (Lipinski definition) is 1. The number of rotatable bonds is 11. The molecule has 0 aliphatic rings. The summed E-state index contributed by atoms with van der Waals surface area (Å²) < 4.78 is 5.79. The quantitative estimate of drug-likeness (QED) is 0.479. The highest BCUT2D eigenvalue weighted by molar-refractivity contribution is 6.30. The lowest BCUT2D eigenvalue weighted by molar-refractivity contribution is 0.304. The molecule has 0 bridgehead atoms. The minimum Gasteiger partial charge on any atom is -0.494 e. The fourth-order valence-electron chi connectivity index (χ4n) is 2.57. The summed E-state index contributed by atoms with van der Waals surface area (Å²) in [4.78, 5) is 0. The molecule has 2 aromatic carbocycles. The lowest BCUT2D eigenvalue weighted by atomic mass is 10.1. The molecule has 0 spiro atoms. The van der Waals surface area contributed by atoms with Crippen molar-refractivity contribution in [3.05, 3.63) is 59.1 Å². The molecule has 2 aromatic rings. The van der Waals surface area contributed by atoms with Gasteiger partial charge in [-0.15, -0.1) is 0 Å². The third-order valence-electron chi connectivity index (χ3n) is 4.03. The summed E-state index contributed by atoms with van der Waals surface area (Å²) in [6, 6.07) is 16.2. The van der Waals surface area contributed by atoms with Crippen molar-refractivity contribution in [1.29, 1.82) is 0 Å². The fourth-order valence-corrected chi connectivity index (χ4v) is 2.69. The zero-order valence-electron chi connectivity index (χ0n) is 14.6. The van der Waals surface area contributed by atoms with Gasteiger partial charge in [0.2, 0.25) is 0 Å². The van der Waals surface area contributed by atoms with Gasteiger partial charge in [-0.25, -0.2) is 0 Å². The van der Waals surface area contributed by atoms with E-state index >= 15 is 0 Å². The Hall–Kier alpha value is -1.67. The van der Waals surface area contributed by atoms with Crippen molar-refractivity contribution in [2.24, 2.45) is 0 Å². The van der Waals surface area contributed by atoms with Crippen molar-refractivity contribution < 1.29 is 4.74 Å². The maximum absolute atomic E-state index is 5.90. The molecule has 0 fully saturated rings. The molecule has 0 aliphatic carbocycles. The van der Waals surface area contributed by atoms with E-state index in [0.29, 0.717) is 0 Å². The molecule has 3 heteroatoms. The molecule has 0 saturated heterocycles. The van der Waals surface area contributed by atoms with Gasteiger partial charge in [0.15, 0.2) is 0 Å². The minimum atomic E-state index is 0.785. The second-order valence-corrected chi connectivity index (χ2v) is 6.53. The van der Waals surface area contributed by atoms with Crippen molar-refractivity contribution in [2.75, 3.05) is 18.5 Å². The summed E-state index contributed by atoms with van der Waals surface area (Å²) in [6.07, 6.45) is 7.31. The molecule has 1 N–H and O–H groups in total. The van der Waals surface area contributed by atoms with E-state index in [2.05, 4.69) is 36.5 Å². The van der Waals surface area contributed by atoms with Crippen LogP contribution in [0.2, 0.25) is 5.02 Å². The van der Waals surface area contributed by atoms with Crippen LogP contribution in [-0.4, -0.2) is 13.2 Å². The highest BCUT2D eigenvalue weighted by atomic mass is 35.5. The normalized spacial score (nSPS) is 10.6. The van der Waals surface area contributed by atoms with Crippen LogP contribution in [0.3, 0.4) is 0 Å². The van der Waals surface area contributed by atoms with E-state index in [1.807, 2.05) is 24.3 Å². The number of ether oxygens (including phenoxy) is 1. The van der Waals surface area contributed by atoms with Gasteiger partial charge in [0.25, 0.3) is 0 Å². The molecule has 2 rings (SSSR count). The highest BCUT2D eigenvalue weighted by Crippen LogP contribution is 2.17. The van der Waals surface area contributed by atoms with Gasteiger partial charge in [0.1, 0.15) is 5.75 Å². The second-order valence-electron chi connectivity index (χ2n) is 6.09. The van der Waals surface area contributed by atoms with Gasteiger partial charge >= 0.3 is 0 Å². The summed E-state index contributed by atoms with van der Waals surface area (Å²) in [7, 11) is 0. The van der Waals surface area contributed by atoms with Crippen LogP contribution in [0.4, 0.5) is 5.69 Å². The zero-order valence-corrected chi connectivity index (χ0v) is 15.3. The van der Waals surface area contributed by atoms with Crippen LogP contribution >= 0.6 is 11.6 Å². The largest absolute Gasteiger partial charge is 0.494 e. The monoisotopic (exact) mass is 345 g/mol. The third-order valence-corrected chi connectivity index (χ3v) is 4.28. The lowest BCUT2D eigenvalue weighted by Gasteiger charge is -2.09. The molecule has 0 unspecified atom stereocenters. The number of benzene rings is 2. The van der Waals surface area contributed by atoms with Gasteiger partial charge in [0, 0.05) is 17.3 Å². The Morgan fingerprint density at radius 3 is 2.29 bits per heavy atom. The van der Waals surface area contributed by atoms with E-state index in [1.54, 1.807) is 0 Å². The Balaban J connectivity index is 1.63. The summed E-state index contributed by atoms with van der Waals surface area (Å²) in [5.41, 5.74) is 2.41. The SMILES string of the molecule is CCCCCCCOc1ccc(NCCc2ccc(Cl)cc2)cc1. The molecule has 0 atom stereocenters. The molecule has 0 radical (unpaired) electrons. The molecule has 24 heavy (non-hydrogen) atoms. The maximum Gasteiger partial charge on any atom is 0.119 e. The molecule has 0 heterocycles. The van der Waals surface area contributed by atoms with Gasteiger partial charge < -0.3 is 10.1 Å². The van der Waals surface area contributed by atoms with E-state index < -0.39 is 0 Å². The Kier molecular flexibility index (Phi) is 8.54. The standard InChI is InChI=1S/C21H28ClNO/c1-2-3-4-5-6-17-24-21-13-11-20(12-14-21)23-16-15-18-7-9-19(22)10-8-18/h7-14,23H,2-6,15-17H2,1H3. The van der Waals surface area contributed by atoms with Crippen LogP contribution in [0, 0.1) is 0 Å². The predicted octanol–water partition coefficient (Wildman–Crippen LogP) is 6.34. The topological polar surface area (TPSA) is 21.3 Å². The fraction of sp³-hybridized carbons (Fsp3) is 0.429. The molecular formula is C21H28ClNO. The van der Waals surface area contributed by atoms with Crippen LogP contribution in [-0.2, 0) is 6.42 Å². The van der Waals surface area contributed by atoms with Crippen LogP contribution in [0.1, 0.15) is 44.6 Å². The molecular weight excluding hydrogens is 318 g/mol. The molecule has 0 aromatic heterocycles. The predicted molar refractivity (Wildman–Crippen MR) is 104 cm³/mol. The summed E-state index contributed by atoms with van der Waals surface area (Å²) in [5.74, 6) is 0.953. The maximum atomic E-state index is 5.90. The lowest BCUT2D eigenvalue weighted by Crippen LogP contribution is -2.04. The minimum absolute atomic E-state index is 0.785. The van der Waals surface area contributed by atoms with Crippen LogP contribution in [0.15, 0.2) is 48.5 Å². The summed E-state index contributed by atoms with van der Waals surface area (Å²) in [6.45, 7) is 3.95. The van der Waals surface area contributed by atoms with E-state index in [1.165, 1.54) is 31.2 Å². The zero-order chi connectivity index (χ0) is 17.0. The first-order chi connectivity index (χ1) is 11.8. The first-order valence-corrected chi connectivity index (χ1v) is 9.37. The van der Waals surface area contributed by atoms with Gasteiger partial charge in [-0.2, -0.15) is 0 Å². The van der Waals surface area contributed by atoms with Crippen molar-refractivity contribution >= 4 is 17.3 Å². The second kappa shape index (κ2) is 11.0. The van der Waals surface area contributed by atoms with Crippen LogP contribution in [0.25, 0.3) is 0 Å². The molecule has 0 amide bonds. The summed E-state index contributed by atoms with van der Waals surface area (Å²) >= 11 is 5.90. The molecule has 130 valence electrons. The van der Waals surface area contributed by atoms with Crippen molar-refractivity contribution in [3.8, 4) is 5.75 Å². The average molecular weight is 346 g/mol. The third kappa shape index (κ3) is 7.27. The van der Waals surface area contributed by atoms with Gasteiger partial charge in [0.05, 0.1) is 6.61 Å². The smallest absolute Gasteiger partial charge is 0.119 e. The van der Waals surface area contributed by atoms with Crippen LogP contribution in [0.5, 0.6) is 5.75 Å². The Labute approximate surface area is 151 Å². The molecule has 0 saturated carbocycles. The number of halogens is 1. The van der Waals surface area contributed by atoms with E-state index in [-0.39, 0.29) is 0 Å². The van der Waals surface area contributed by atoms with E-state index in [9.17, 15) is 0 Å². The van der Waals surface area contributed by atoms with E-state index in [0.717, 1.165) is 42.5 Å². The Bertz CT molecular complexity index is 565. The Morgan fingerprint density at radius 2 is 1.58 bits per heavy atom. The molecule has 2 nitrogen and oxygen atoms in total. The van der Waals surface area contributed by atoms with Gasteiger partial charge in [-0.05, 0) is 54.8 Å². The first kappa shape index (κ1) is 18.7. The molecule has 0 aliphatic heterocycles. The van der Waals surface area contributed by atoms with Crippen molar-refractivity contribution in [2.45, 2.75) is 45.4 Å². The highest BCUT2D eigenvalue weighted by Gasteiger charge is 1.97. The number of hydrogen-bond acceptors (Lipinski definition) is 2. The average Bonchev–Trinajstić information content (AvgIpc) is 2.61. The number of nitrogens with one attached hydrogen (secondary N) is 1. The van der Waals surface area contributed by atoms with Crippen LogP contribution < -0.4 is 10.1 Å². The Morgan fingerprint density at radius 1 is 0.875 bits per heavy atom. The van der Waals surface area contributed by atoms with E-state index in [4.69, 9.17) is 16.3 Å². The van der Waals surface area contributed by atoms with Crippen molar-refractivity contribution in [1.82, 2.24) is 0 Å². The summed E-state index contributed by atoms with van der Waals surface area (Å²) in [5, 5.41) is 4.22. The van der Waals surface area contributed by atoms with Crippen molar-refractivity contribution in [3.63, 3.8) is 0 Å². The number of unbranched alkanes of at least 4 members (excludes halogenated alkanes) is 4.